The van der Waals surface area contributed by atoms with Gasteiger partial charge in [0, 0.05) is 0 Å². The van der Waals surface area contributed by atoms with Crippen LogP contribution in [0.25, 0.3) is 0 Å². The van der Waals surface area contributed by atoms with Gasteiger partial charge < -0.3 is 5.11 Å². The fourth-order valence-corrected chi connectivity index (χ4v) is 0.315. The fraction of sp³-hybridized carbons (Fsp3) is 0.500. The van der Waals surface area contributed by atoms with Crippen LogP contribution in [0.2, 0.25) is 0 Å². The van der Waals surface area contributed by atoms with Gasteiger partial charge in [0.25, 0.3) is 0 Å². The zero-order valence-corrected chi connectivity index (χ0v) is 3.90. The van der Waals surface area contributed by atoms with Crippen LogP contribution < -0.4 is 5.53 Å². The van der Waals surface area contributed by atoms with Crippen LogP contribution in [-0.4, -0.2) is 22.9 Å². The molecule has 0 aromatic carbocycles. The summed E-state index contributed by atoms with van der Waals surface area (Å²) in [4.78, 5) is 9.94. The largest absolute Gasteiger partial charge is 0.464 e. The lowest BCUT2D eigenvalue weighted by Gasteiger charge is -2.04. The van der Waals surface area contributed by atoms with Crippen molar-refractivity contribution in [3.05, 3.63) is 0 Å². The van der Waals surface area contributed by atoms with Crippen molar-refractivity contribution in [3.8, 4) is 0 Å². The van der Waals surface area contributed by atoms with E-state index >= 15 is 0 Å². The first-order valence-electron chi connectivity index (χ1n) is 1.93. The van der Waals surface area contributed by atoms with Gasteiger partial charge in [-0.2, -0.15) is 10.5 Å². The maximum absolute atomic E-state index is 9.94. The minimum atomic E-state index is -1.07. The fourth-order valence-electron chi connectivity index (χ4n) is 0.315. The number of carboxylic acid groups (broad SMARTS) is 1. The van der Waals surface area contributed by atoms with Crippen molar-refractivity contribution < 1.29 is 9.90 Å². The Balaban J connectivity index is 2.41. The molecular formula is C2H4N4O2. The molecule has 0 atom stereocenters. The normalized spacial score (nSPS) is 16.2. The number of rotatable bonds is 0. The topological polar surface area (TPSA) is 77.3 Å². The molecule has 0 saturated carbocycles. The van der Waals surface area contributed by atoms with Gasteiger partial charge in [-0.25, -0.2) is 4.79 Å². The van der Waals surface area contributed by atoms with E-state index in [1.54, 1.807) is 0 Å². The van der Waals surface area contributed by atoms with E-state index < -0.39 is 6.09 Å². The second kappa shape index (κ2) is 1.65. The van der Waals surface area contributed by atoms with E-state index in [0.717, 1.165) is 5.01 Å². The third kappa shape index (κ3) is 0.673. The molecule has 8 heavy (non-hydrogen) atoms. The summed E-state index contributed by atoms with van der Waals surface area (Å²) in [5.41, 5.74) is 2.15. The average molecular weight is 116 g/mol. The zero-order chi connectivity index (χ0) is 5.98. The summed E-state index contributed by atoms with van der Waals surface area (Å²) >= 11 is 0. The molecule has 6 nitrogen and oxygen atoms in total. The number of amides is 1. The Morgan fingerprint density at radius 1 is 1.88 bits per heavy atom. The van der Waals surface area contributed by atoms with Crippen molar-refractivity contribution in [2.24, 2.45) is 10.3 Å². The van der Waals surface area contributed by atoms with Gasteiger partial charge in [0.05, 0.1) is 0 Å². The summed E-state index contributed by atoms with van der Waals surface area (Å²) in [5.74, 6) is 0. The summed E-state index contributed by atoms with van der Waals surface area (Å²) in [6.45, 7) is 0.0787. The molecule has 1 aliphatic rings. The van der Waals surface area contributed by atoms with Gasteiger partial charge in [-0.05, 0) is 0 Å². The van der Waals surface area contributed by atoms with Gasteiger partial charge in [0.2, 0.25) is 0 Å². The van der Waals surface area contributed by atoms with Crippen LogP contribution in [0.1, 0.15) is 0 Å². The predicted molar refractivity (Wildman–Crippen MR) is 22.7 cm³/mol. The molecule has 2 N–H and O–H groups in total. The first-order chi connectivity index (χ1) is 3.80. The summed E-state index contributed by atoms with van der Waals surface area (Å²) in [6.07, 6.45) is -1.07. The minimum Gasteiger partial charge on any atom is -0.464 e. The molecule has 6 heteroatoms. The molecule has 0 unspecified atom stereocenters. The highest BCUT2D eigenvalue weighted by molar-refractivity contribution is 5.64. The number of hydrogen-bond acceptors (Lipinski definition) is 4. The lowest BCUT2D eigenvalue weighted by atomic mass is 11.0. The van der Waals surface area contributed by atoms with Crippen molar-refractivity contribution in [1.29, 1.82) is 0 Å². The van der Waals surface area contributed by atoms with Gasteiger partial charge >= 0.3 is 6.09 Å². The van der Waals surface area contributed by atoms with Crippen LogP contribution in [0.5, 0.6) is 0 Å². The third-order valence-electron chi connectivity index (χ3n) is 0.672. The highest BCUT2D eigenvalue weighted by Crippen LogP contribution is 1.91. The maximum atomic E-state index is 9.94. The van der Waals surface area contributed by atoms with E-state index in [4.69, 9.17) is 5.11 Å². The van der Waals surface area contributed by atoms with Crippen LogP contribution >= 0.6 is 0 Å². The zero-order valence-electron chi connectivity index (χ0n) is 3.90. The molecule has 0 fully saturated rings. The van der Waals surface area contributed by atoms with Crippen LogP contribution in [0.3, 0.4) is 0 Å². The Bertz CT molecular complexity index is 124. The Labute approximate surface area is 44.8 Å². The third-order valence-corrected chi connectivity index (χ3v) is 0.672. The quantitative estimate of drug-likeness (QED) is 0.460. The first kappa shape index (κ1) is 4.82. The highest BCUT2D eigenvalue weighted by Gasteiger charge is 2.12. The van der Waals surface area contributed by atoms with E-state index in [-0.39, 0.29) is 6.67 Å². The Morgan fingerprint density at radius 3 is 2.88 bits per heavy atom. The molecule has 1 amide bonds. The molecule has 1 heterocycles. The predicted octanol–water partition coefficient (Wildman–Crippen LogP) is -0.191. The van der Waals surface area contributed by atoms with E-state index in [1.807, 2.05) is 0 Å². The first-order valence-corrected chi connectivity index (χ1v) is 1.93. The number of hydrogen-bond donors (Lipinski definition) is 2. The summed E-state index contributed by atoms with van der Waals surface area (Å²) in [7, 11) is 0. The number of carbonyl (C=O) groups is 1. The maximum Gasteiger partial charge on any atom is 0.429 e. The van der Waals surface area contributed by atoms with Gasteiger partial charge in [-0.1, -0.05) is 5.22 Å². The van der Waals surface area contributed by atoms with Crippen LogP contribution in [0.4, 0.5) is 4.79 Å². The second-order valence-corrected chi connectivity index (χ2v) is 1.19. The van der Waals surface area contributed by atoms with Gasteiger partial charge in [0.1, 0.15) is 0 Å². The summed E-state index contributed by atoms with van der Waals surface area (Å²) < 4.78 is 0. The van der Waals surface area contributed by atoms with Gasteiger partial charge in [-0.3, -0.25) is 0 Å². The molecular weight excluding hydrogens is 112 g/mol. The summed E-state index contributed by atoms with van der Waals surface area (Å²) in [6, 6.07) is 0. The average Bonchev–Trinajstić information content (AvgIpc) is 2.12. The van der Waals surface area contributed by atoms with Crippen LogP contribution in [0, 0.1) is 0 Å². The van der Waals surface area contributed by atoms with Crippen LogP contribution in [-0.2, 0) is 0 Å². The van der Waals surface area contributed by atoms with Gasteiger partial charge in [-0.15, -0.1) is 5.11 Å². The van der Waals surface area contributed by atoms with Crippen LogP contribution in [0.15, 0.2) is 10.3 Å². The SMILES string of the molecule is O=C(O)N1CN=NN1. The molecule has 0 aliphatic carbocycles. The Morgan fingerprint density at radius 2 is 2.62 bits per heavy atom. The smallest absolute Gasteiger partial charge is 0.429 e. The highest BCUT2D eigenvalue weighted by atomic mass is 16.4. The van der Waals surface area contributed by atoms with Crippen molar-refractivity contribution in [2.75, 3.05) is 6.67 Å². The number of nitrogens with one attached hydrogen (secondary N) is 1. The molecule has 0 aromatic heterocycles. The lowest BCUT2D eigenvalue weighted by molar-refractivity contribution is 0.134. The van der Waals surface area contributed by atoms with Crippen molar-refractivity contribution in [1.82, 2.24) is 10.5 Å². The lowest BCUT2D eigenvalue weighted by Crippen LogP contribution is -2.34. The molecule has 0 spiro atoms. The second-order valence-electron chi connectivity index (χ2n) is 1.19. The van der Waals surface area contributed by atoms with Crippen molar-refractivity contribution in [2.45, 2.75) is 0 Å². The van der Waals surface area contributed by atoms with E-state index in [0.29, 0.717) is 0 Å². The molecule has 0 radical (unpaired) electrons. The standard InChI is InChI=1S/C2H4N4O2/c7-2(8)6-1-3-4-5-6/h1H2,(H,3,5)(H,7,8). The number of hydrazine groups is 1. The van der Waals surface area contributed by atoms with E-state index in [9.17, 15) is 4.79 Å². The number of nitrogens with zero attached hydrogens (tertiary/aromatic N) is 3. The van der Waals surface area contributed by atoms with E-state index in [1.165, 1.54) is 0 Å². The summed E-state index contributed by atoms with van der Waals surface area (Å²) in [5, 5.41) is 15.6. The molecule has 0 saturated heterocycles. The molecule has 0 bridgehead atoms. The minimum absolute atomic E-state index is 0.0787. The Kier molecular flexibility index (Phi) is 0.991. The molecule has 1 aliphatic heterocycles. The monoisotopic (exact) mass is 116 g/mol. The van der Waals surface area contributed by atoms with E-state index in [2.05, 4.69) is 15.9 Å². The van der Waals surface area contributed by atoms with Gasteiger partial charge in [0.15, 0.2) is 6.67 Å². The Hall–Kier alpha value is -1.33. The molecule has 44 valence electrons. The molecule has 1 rings (SSSR count). The molecule has 0 aromatic rings. The van der Waals surface area contributed by atoms with Crippen molar-refractivity contribution in [3.63, 3.8) is 0 Å². The van der Waals surface area contributed by atoms with Crippen molar-refractivity contribution >= 4 is 6.09 Å².